The van der Waals surface area contributed by atoms with Crippen LogP contribution in [0.1, 0.15) is 46.9 Å². The molecule has 6 heteroatoms. The van der Waals surface area contributed by atoms with Gasteiger partial charge in [0.05, 0.1) is 0 Å². The van der Waals surface area contributed by atoms with E-state index in [9.17, 15) is 14.4 Å². The second-order valence-electron chi connectivity index (χ2n) is 6.99. The molecule has 1 aromatic carbocycles. The third kappa shape index (κ3) is 3.31. The molecule has 0 bridgehead atoms. The molecule has 1 spiro atoms. The van der Waals surface area contributed by atoms with E-state index in [2.05, 4.69) is 10.2 Å². The van der Waals surface area contributed by atoms with Gasteiger partial charge in [0.15, 0.2) is 5.78 Å². The molecule has 0 aromatic heterocycles. The number of hydrogen-bond donors (Lipinski definition) is 1. The molecule has 1 aromatic rings. The molecule has 2 amide bonds. The average Bonchev–Trinajstić information content (AvgIpc) is 2.76. The minimum absolute atomic E-state index is 0.0519. The number of likely N-dealkylation sites (tertiary alicyclic amines) is 1. The van der Waals surface area contributed by atoms with Crippen molar-refractivity contribution in [1.29, 1.82) is 0 Å². The van der Waals surface area contributed by atoms with Crippen molar-refractivity contribution in [2.24, 2.45) is 0 Å². The summed E-state index contributed by atoms with van der Waals surface area (Å²) in [7, 11) is 2.00. The molecule has 0 atom stereocenters. The summed E-state index contributed by atoms with van der Waals surface area (Å²) in [6.07, 6.45) is 2.21. The van der Waals surface area contributed by atoms with Crippen molar-refractivity contribution < 1.29 is 14.4 Å². The van der Waals surface area contributed by atoms with E-state index < -0.39 is 5.54 Å². The van der Waals surface area contributed by atoms with Crippen molar-refractivity contribution in [3.8, 4) is 0 Å². The van der Waals surface area contributed by atoms with Gasteiger partial charge in [0.25, 0.3) is 5.91 Å². The van der Waals surface area contributed by atoms with E-state index in [1.807, 2.05) is 7.05 Å². The number of piperidine rings is 1. The maximum absolute atomic E-state index is 12.8. The molecule has 0 unspecified atom stereocenters. The Bertz CT molecular complexity index is 693. The van der Waals surface area contributed by atoms with Gasteiger partial charge in [0.1, 0.15) is 5.54 Å². The minimum atomic E-state index is -0.505. The number of carbonyl (C=O) groups is 3. The number of Topliss-reactive ketones (excluding diaryl/α,β-unsaturated/α-hetero) is 1. The predicted octanol–water partition coefficient (Wildman–Crippen LogP) is 1.32. The Labute approximate surface area is 148 Å². The number of nitrogens with one attached hydrogen (secondary N) is 1. The van der Waals surface area contributed by atoms with Crippen LogP contribution in [0.5, 0.6) is 0 Å². The van der Waals surface area contributed by atoms with Gasteiger partial charge >= 0.3 is 0 Å². The van der Waals surface area contributed by atoms with Crippen LogP contribution in [0.15, 0.2) is 24.3 Å². The summed E-state index contributed by atoms with van der Waals surface area (Å²) < 4.78 is 0. The lowest BCUT2D eigenvalue weighted by Gasteiger charge is -2.45. The zero-order valence-corrected chi connectivity index (χ0v) is 14.9. The normalized spacial score (nSPS) is 20.9. The van der Waals surface area contributed by atoms with Crippen LogP contribution < -0.4 is 5.32 Å². The number of amides is 2. The summed E-state index contributed by atoms with van der Waals surface area (Å²) in [5.41, 5.74) is 0.568. The van der Waals surface area contributed by atoms with Crippen LogP contribution in [0.25, 0.3) is 0 Å². The summed E-state index contributed by atoms with van der Waals surface area (Å²) in [6, 6.07) is 6.85. The van der Waals surface area contributed by atoms with Crippen LogP contribution in [0.4, 0.5) is 0 Å². The van der Waals surface area contributed by atoms with E-state index in [-0.39, 0.29) is 17.6 Å². The first kappa shape index (κ1) is 17.6. The van der Waals surface area contributed by atoms with Gasteiger partial charge in [-0.25, -0.2) is 0 Å². The SMILES string of the molecule is CC(=O)c1cccc(C(=O)N2CCC3(CC2)C(=O)NCCCN3C)c1. The van der Waals surface area contributed by atoms with Gasteiger partial charge in [-0.05, 0) is 45.4 Å². The van der Waals surface area contributed by atoms with Gasteiger partial charge in [0.2, 0.25) is 5.91 Å². The second-order valence-corrected chi connectivity index (χ2v) is 6.99. The molecule has 2 aliphatic rings. The van der Waals surface area contributed by atoms with Crippen LogP contribution in [0, 0.1) is 0 Å². The molecule has 6 nitrogen and oxygen atoms in total. The van der Waals surface area contributed by atoms with Crippen LogP contribution >= 0.6 is 0 Å². The Morgan fingerprint density at radius 2 is 1.80 bits per heavy atom. The topological polar surface area (TPSA) is 69.7 Å². The Balaban J connectivity index is 1.73. The number of hydrogen-bond acceptors (Lipinski definition) is 4. The van der Waals surface area contributed by atoms with Crippen molar-refractivity contribution in [2.45, 2.75) is 31.7 Å². The number of ketones is 1. The minimum Gasteiger partial charge on any atom is -0.354 e. The maximum Gasteiger partial charge on any atom is 0.253 e. The summed E-state index contributed by atoms with van der Waals surface area (Å²) in [5.74, 6) is -0.0446. The lowest BCUT2D eigenvalue weighted by Crippen LogP contribution is -2.61. The number of carbonyl (C=O) groups excluding carboxylic acids is 3. The fourth-order valence-electron chi connectivity index (χ4n) is 3.81. The lowest BCUT2D eigenvalue weighted by molar-refractivity contribution is -0.134. The maximum atomic E-state index is 12.8. The van der Waals surface area contributed by atoms with E-state index in [4.69, 9.17) is 0 Å². The highest BCUT2D eigenvalue weighted by Gasteiger charge is 2.46. The molecule has 0 radical (unpaired) electrons. The number of nitrogens with zero attached hydrogens (tertiary/aromatic N) is 2. The average molecular weight is 343 g/mol. The fraction of sp³-hybridized carbons (Fsp3) is 0.526. The monoisotopic (exact) mass is 343 g/mol. The van der Waals surface area contributed by atoms with E-state index in [0.717, 1.165) is 13.0 Å². The molecule has 2 fully saturated rings. The molecule has 2 aliphatic heterocycles. The van der Waals surface area contributed by atoms with Gasteiger partial charge < -0.3 is 10.2 Å². The standard InChI is InChI=1S/C19H25N3O3/c1-14(23)15-5-3-6-16(13-15)17(24)22-11-7-19(8-12-22)18(25)20-9-4-10-21(19)2/h3,5-6,13H,4,7-12H2,1-2H3,(H,20,25). The zero-order chi connectivity index (χ0) is 18.0. The van der Waals surface area contributed by atoms with Gasteiger partial charge in [0, 0.05) is 37.3 Å². The summed E-state index contributed by atoms with van der Waals surface area (Å²) in [5, 5.41) is 3.01. The Hall–Kier alpha value is -2.21. The van der Waals surface area contributed by atoms with E-state index in [0.29, 0.717) is 43.6 Å². The van der Waals surface area contributed by atoms with Gasteiger partial charge in [-0.2, -0.15) is 0 Å². The Morgan fingerprint density at radius 1 is 1.12 bits per heavy atom. The molecule has 25 heavy (non-hydrogen) atoms. The van der Waals surface area contributed by atoms with Gasteiger partial charge in [-0.3, -0.25) is 19.3 Å². The summed E-state index contributed by atoms with van der Waals surface area (Å²) >= 11 is 0. The molecular formula is C19H25N3O3. The van der Waals surface area contributed by atoms with Gasteiger partial charge in [-0.15, -0.1) is 0 Å². The number of rotatable bonds is 2. The van der Waals surface area contributed by atoms with Crippen LogP contribution in [0.3, 0.4) is 0 Å². The molecule has 0 aliphatic carbocycles. The molecule has 134 valence electrons. The zero-order valence-electron chi connectivity index (χ0n) is 14.9. The number of benzene rings is 1. The largest absolute Gasteiger partial charge is 0.354 e. The molecule has 0 saturated carbocycles. The Morgan fingerprint density at radius 3 is 2.48 bits per heavy atom. The molecule has 1 N–H and O–H groups in total. The fourth-order valence-corrected chi connectivity index (χ4v) is 3.81. The van der Waals surface area contributed by atoms with Crippen molar-refractivity contribution in [3.63, 3.8) is 0 Å². The molecular weight excluding hydrogens is 318 g/mol. The van der Waals surface area contributed by atoms with Crippen molar-refractivity contribution in [2.75, 3.05) is 33.2 Å². The highest BCUT2D eigenvalue weighted by molar-refractivity contribution is 5.99. The van der Waals surface area contributed by atoms with Crippen molar-refractivity contribution in [3.05, 3.63) is 35.4 Å². The first-order chi connectivity index (χ1) is 11.9. The molecule has 2 heterocycles. The predicted molar refractivity (Wildman–Crippen MR) is 94.6 cm³/mol. The summed E-state index contributed by atoms with van der Waals surface area (Å²) in [4.78, 5) is 40.8. The van der Waals surface area contributed by atoms with Crippen LogP contribution in [-0.4, -0.2) is 66.2 Å². The number of likely N-dealkylation sites (N-methyl/N-ethyl adjacent to an activating group) is 1. The molecule has 3 rings (SSSR count). The lowest BCUT2D eigenvalue weighted by atomic mass is 9.85. The smallest absolute Gasteiger partial charge is 0.253 e. The first-order valence-corrected chi connectivity index (χ1v) is 8.84. The third-order valence-electron chi connectivity index (χ3n) is 5.50. The van der Waals surface area contributed by atoms with Crippen LogP contribution in [0.2, 0.25) is 0 Å². The van der Waals surface area contributed by atoms with Gasteiger partial charge in [-0.1, -0.05) is 12.1 Å². The van der Waals surface area contributed by atoms with Crippen molar-refractivity contribution in [1.82, 2.24) is 15.1 Å². The van der Waals surface area contributed by atoms with E-state index in [1.165, 1.54) is 6.92 Å². The van der Waals surface area contributed by atoms with Crippen molar-refractivity contribution >= 4 is 17.6 Å². The third-order valence-corrected chi connectivity index (χ3v) is 5.50. The first-order valence-electron chi connectivity index (χ1n) is 8.84. The molecule has 2 saturated heterocycles. The van der Waals surface area contributed by atoms with Crippen LogP contribution in [-0.2, 0) is 4.79 Å². The Kier molecular flexibility index (Phi) is 4.90. The second kappa shape index (κ2) is 6.96. The highest BCUT2D eigenvalue weighted by atomic mass is 16.2. The quantitative estimate of drug-likeness (QED) is 0.822. The van der Waals surface area contributed by atoms with E-state index in [1.54, 1.807) is 29.2 Å². The highest BCUT2D eigenvalue weighted by Crippen LogP contribution is 2.30. The summed E-state index contributed by atoms with van der Waals surface area (Å²) in [6.45, 7) is 4.18. The van der Waals surface area contributed by atoms with E-state index >= 15 is 0 Å².